The number of hydrogen-bond donors (Lipinski definition) is 2. The van der Waals surface area contributed by atoms with Gasteiger partial charge in [-0.15, -0.1) is 0 Å². The van der Waals surface area contributed by atoms with Crippen LogP contribution in [0.5, 0.6) is 0 Å². The van der Waals surface area contributed by atoms with E-state index in [4.69, 9.17) is 10.2 Å². The van der Waals surface area contributed by atoms with Crippen molar-refractivity contribution in [2.24, 2.45) is 5.73 Å². The number of aromatic nitrogens is 3. The van der Waals surface area contributed by atoms with Crippen LogP contribution in [0.15, 0.2) is 59.9 Å². The second-order valence-electron chi connectivity index (χ2n) is 5.43. The molecule has 0 aliphatic carbocycles. The lowest BCUT2D eigenvalue weighted by Crippen LogP contribution is -2.47. The molecule has 2 amide bonds. The number of amides is 2. The van der Waals surface area contributed by atoms with Crippen molar-refractivity contribution in [2.45, 2.75) is 12.5 Å². The highest BCUT2D eigenvalue weighted by Crippen LogP contribution is 2.10. The van der Waals surface area contributed by atoms with Crippen molar-refractivity contribution >= 4 is 17.6 Å². The number of nitrogens with two attached hydrogens (primary N) is 1. The van der Waals surface area contributed by atoms with E-state index in [2.05, 4.69) is 15.3 Å². The van der Waals surface area contributed by atoms with Crippen molar-refractivity contribution < 1.29 is 18.8 Å². The molecular formula is C17H15N5O4. The quantitative estimate of drug-likeness (QED) is 0.585. The Balaban J connectivity index is 1.83. The minimum absolute atomic E-state index is 0.0712. The highest BCUT2D eigenvalue weighted by Gasteiger charge is 2.27. The molecule has 26 heavy (non-hydrogen) atoms. The van der Waals surface area contributed by atoms with E-state index in [1.54, 1.807) is 30.5 Å². The molecule has 0 fully saturated rings. The summed E-state index contributed by atoms with van der Waals surface area (Å²) in [5.74, 6) is -2.13. The van der Waals surface area contributed by atoms with E-state index in [-0.39, 0.29) is 12.1 Å². The molecule has 9 heteroatoms. The van der Waals surface area contributed by atoms with Gasteiger partial charge in [0.1, 0.15) is 23.9 Å². The van der Waals surface area contributed by atoms with Crippen molar-refractivity contribution in [1.29, 1.82) is 0 Å². The van der Waals surface area contributed by atoms with E-state index in [0.29, 0.717) is 11.4 Å². The van der Waals surface area contributed by atoms with Crippen LogP contribution in [-0.2, 0) is 16.0 Å². The van der Waals surface area contributed by atoms with Crippen molar-refractivity contribution in [1.82, 2.24) is 19.9 Å². The molecule has 1 atom stereocenters. The van der Waals surface area contributed by atoms with Gasteiger partial charge in [-0.2, -0.15) is 0 Å². The van der Waals surface area contributed by atoms with Gasteiger partial charge in [-0.05, 0) is 23.8 Å². The van der Waals surface area contributed by atoms with E-state index in [9.17, 15) is 14.4 Å². The van der Waals surface area contributed by atoms with E-state index < -0.39 is 23.6 Å². The molecule has 9 nitrogen and oxygen atoms in total. The molecule has 132 valence electrons. The maximum absolute atomic E-state index is 12.6. The lowest BCUT2D eigenvalue weighted by atomic mass is 10.0. The summed E-state index contributed by atoms with van der Waals surface area (Å²) >= 11 is 0. The molecule has 0 bridgehead atoms. The second kappa shape index (κ2) is 7.43. The minimum atomic E-state index is -1.13. The van der Waals surface area contributed by atoms with Gasteiger partial charge in [0.05, 0.1) is 18.7 Å². The van der Waals surface area contributed by atoms with Gasteiger partial charge in [-0.25, -0.2) is 9.97 Å². The highest BCUT2D eigenvalue weighted by atomic mass is 16.3. The van der Waals surface area contributed by atoms with Crippen LogP contribution < -0.4 is 11.1 Å². The van der Waals surface area contributed by atoms with Crippen LogP contribution in [-0.4, -0.2) is 38.2 Å². The lowest BCUT2D eigenvalue weighted by molar-refractivity contribution is -0.137. The van der Waals surface area contributed by atoms with Gasteiger partial charge >= 0.3 is 0 Å². The number of nitrogens with zero attached hydrogens (tertiary/aromatic N) is 3. The summed E-state index contributed by atoms with van der Waals surface area (Å²) < 4.78 is 6.42. The number of imidazole rings is 1. The Bertz CT molecular complexity index is 918. The van der Waals surface area contributed by atoms with Gasteiger partial charge in [0.25, 0.3) is 11.8 Å². The number of pyridine rings is 1. The first kappa shape index (κ1) is 17.1. The van der Waals surface area contributed by atoms with Crippen LogP contribution >= 0.6 is 0 Å². The lowest BCUT2D eigenvalue weighted by Gasteiger charge is -2.16. The predicted octanol–water partition coefficient (Wildman–Crippen LogP) is 0.256. The molecule has 3 N–H and O–H groups in total. The fraction of sp³-hybridized carbons (Fsp3) is 0.118. The molecule has 0 spiro atoms. The van der Waals surface area contributed by atoms with E-state index in [0.717, 1.165) is 0 Å². The summed E-state index contributed by atoms with van der Waals surface area (Å²) in [6, 6.07) is 5.72. The fourth-order valence-electron chi connectivity index (χ4n) is 2.40. The third-order valence-corrected chi connectivity index (χ3v) is 3.65. The third-order valence-electron chi connectivity index (χ3n) is 3.65. The largest absolute Gasteiger partial charge is 0.472 e. The van der Waals surface area contributed by atoms with Gasteiger partial charge < -0.3 is 15.5 Å². The SMILES string of the molecule is NC(=O)C(=O)C(Cc1ccoc1)NC(=O)c1cncn1-c1ccccn1. The van der Waals surface area contributed by atoms with Crippen LogP contribution in [0.3, 0.4) is 0 Å². The van der Waals surface area contributed by atoms with Crippen LogP contribution in [0.4, 0.5) is 0 Å². The number of carbonyl (C=O) groups excluding carboxylic acids is 3. The first-order chi connectivity index (χ1) is 12.6. The summed E-state index contributed by atoms with van der Waals surface area (Å²) in [7, 11) is 0. The van der Waals surface area contributed by atoms with Crippen LogP contribution in [0.1, 0.15) is 16.1 Å². The summed E-state index contributed by atoms with van der Waals surface area (Å²) in [5, 5.41) is 2.53. The molecule has 3 aromatic heterocycles. The van der Waals surface area contributed by atoms with Crippen LogP contribution in [0, 0.1) is 0 Å². The Morgan fingerprint density at radius 2 is 2.12 bits per heavy atom. The number of nitrogens with one attached hydrogen (secondary N) is 1. The second-order valence-corrected chi connectivity index (χ2v) is 5.43. The Morgan fingerprint density at radius 3 is 2.77 bits per heavy atom. The monoisotopic (exact) mass is 353 g/mol. The topological polar surface area (TPSA) is 133 Å². The Hall–Kier alpha value is -3.75. The van der Waals surface area contributed by atoms with E-state index >= 15 is 0 Å². The average molecular weight is 353 g/mol. The Kier molecular flexibility index (Phi) is 4.88. The molecule has 3 aromatic rings. The molecule has 0 saturated carbocycles. The number of ketones is 1. The van der Waals surface area contributed by atoms with Crippen molar-refractivity contribution in [3.8, 4) is 5.82 Å². The highest BCUT2D eigenvalue weighted by molar-refractivity contribution is 6.38. The predicted molar refractivity (Wildman–Crippen MR) is 89.2 cm³/mol. The van der Waals surface area contributed by atoms with Gasteiger partial charge in [0.15, 0.2) is 0 Å². The molecule has 3 rings (SSSR count). The molecule has 0 aliphatic rings. The summed E-state index contributed by atoms with van der Waals surface area (Å²) in [6.07, 6.45) is 7.27. The fourth-order valence-corrected chi connectivity index (χ4v) is 2.40. The maximum atomic E-state index is 12.6. The number of Topliss-reactive ketones (excluding diaryl/α,β-unsaturated/α-hetero) is 1. The molecule has 0 aliphatic heterocycles. The zero-order chi connectivity index (χ0) is 18.5. The molecule has 1 unspecified atom stereocenters. The van der Waals surface area contributed by atoms with Gasteiger partial charge in [0, 0.05) is 12.6 Å². The number of hydrogen-bond acceptors (Lipinski definition) is 6. The number of furan rings is 1. The molecule has 3 heterocycles. The van der Waals surface area contributed by atoms with Crippen molar-refractivity contribution in [3.05, 3.63) is 66.8 Å². The minimum Gasteiger partial charge on any atom is -0.472 e. The number of carbonyl (C=O) groups is 3. The summed E-state index contributed by atoms with van der Waals surface area (Å²) in [6.45, 7) is 0. The third kappa shape index (κ3) is 3.66. The smallest absolute Gasteiger partial charge is 0.287 e. The van der Waals surface area contributed by atoms with Crippen molar-refractivity contribution in [2.75, 3.05) is 0 Å². The van der Waals surface area contributed by atoms with Crippen LogP contribution in [0.2, 0.25) is 0 Å². The van der Waals surface area contributed by atoms with E-state index in [1.807, 2.05) is 0 Å². The molecular weight excluding hydrogens is 338 g/mol. The van der Waals surface area contributed by atoms with Crippen LogP contribution in [0.25, 0.3) is 5.82 Å². The van der Waals surface area contributed by atoms with Gasteiger partial charge in [0.2, 0.25) is 5.78 Å². The molecule has 0 radical (unpaired) electrons. The zero-order valence-electron chi connectivity index (χ0n) is 13.5. The van der Waals surface area contributed by atoms with Gasteiger partial charge in [-0.3, -0.25) is 19.0 Å². The number of primary amides is 1. The van der Waals surface area contributed by atoms with E-state index in [1.165, 1.54) is 29.6 Å². The maximum Gasteiger partial charge on any atom is 0.287 e. The van der Waals surface area contributed by atoms with Crippen molar-refractivity contribution in [3.63, 3.8) is 0 Å². The molecule has 0 saturated heterocycles. The average Bonchev–Trinajstić information content (AvgIpc) is 3.32. The summed E-state index contributed by atoms with van der Waals surface area (Å²) in [4.78, 5) is 44.1. The number of rotatable bonds is 7. The Morgan fingerprint density at radius 1 is 1.27 bits per heavy atom. The first-order valence-electron chi connectivity index (χ1n) is 7.65. The molecule has 0 aromatic carbocycles. The zero-order valence-corrected chi connectivity index (χ0v) is 13.5. The summed E-state index contributed by atoms with van der Waals surface area (Å²) in [5.41, 5.74) is 5.90. The van der Waals surface area contributed by atoms with Gasteiger partial charge in [-0.1, -0.05) is 6.07 Å². The normalized spacial score (nSPS) is 11.7. The Labute approximate surface area is 147 Å². The first-order valence-corrected chi connectivity index (χ1v) is 7.65. The standard InChI is InChI=1S/C17H15N5O4/c18-16(24)15(23)12(7-11-4-6-26-9-11)21-17(25)13-8-19-10-22(13)14-3-1-2-5-20-14/h1-6,8-10,12H,7H2,(H2,18,24)(H,21,25).